The van der Waals surface area contributed by atoms with Gasteiger partial charge in [-0.3, -0.25) is 14.5 Å². The summed E-state index contributed by atoms with van der Waals surface area (Å²) in [4.78, 5) is 29.6. The molecule has 3 aromatic rings. The molecular weight excluding hydrogens is 477 g/mol. The maximum Gasteiger partial charge on any atom is 0.252 e. The Morgan fingerprint density at radius 1 is 1.03 bits per heavy atom. The highest BCUT2D eigenvalue weighted by atomic mass is 32.1. The maximum atomic E-state index is 14.2. The molecule has 6 nitrogen and oxygen atoms in total. The number of thiocarbonyl (C=S) groups is 1. The first-order valence-corrected chi connectivity index (χ1v) is 12.3. The van der Waals surface area contributed by atoms with E-state index in [1.165, 1.54) is 11.0 Å². The molecule has 0 aromatic heterocycles. The quantitative estimate of drug-likeness (QED) is 0.402. The van der Waals surface area contributed by atoms with Gasteiger partial charge in [0.25, 0.3) is 5.91 Å². The molecule has 1 heterocycles. The second kappa shape index (κ2) is 11.8. The summed E-state index contributed by atoms with van der Waals surface area (Å²) in [6, 6.07) is 22.4. The molecule has 0 unspecified atom stereocenters. The molecule has 186 valence electrons. The Kier molecular flexibility index (Phi) is 8.28. The summed E-state index contributed by atoms with van der Waals surface area (Å²) in [5, 5.41) is 3.19. The number of halogens is 1. The zero-order valence-electron chi connectivity index (χ0n) is 20.0. The van der Waals surface area contributed by atoms with Crippen molar-refractivity contribution in [2.24, 2.45) is 0 Å². The van der Waals surface area contributed by atoms with Gasteiger partial charge in [-0.05, 0) is 67.0 Å². The summed E-state index contributed by atoms with van der Waals surface area (Å²) in [5.74, 6) is -0.139. The van der Waals surface area contributed by atoms with Gasteiger partial charge in [-0.25, -0.2) is 4.39 Å². The average molecular weight is 506 g/mol. The minimum Gasteiger partial charge on any atom is -0.494 e. The van der Waals surface area contributed by atoms with E-state index < -0.39 is 6.04 Å². The van der Waals surface area contributed by atoms with Crippen LogP contribution in [0.5, 0.6) is 5.75 Å². The number of nitrogens with one attached hydrogen (secondary N) is 1. The summed E-state index contributed by atoms with van der Waals surface area (Å²) < 4.78 is 19.7. The van der Waals surface area contributed by atoms with E-state index in [9.17, 15) is 14.0 Å². The summed E-state index contributed by atoms with van der Waals surface area (Å²) in [5.41, 5.74) is 2.07. The van der Waals surface area contributed by atoms with Crippen molar-refractivity contribution in [2.45, 2.75) is 32.4 Å². The number of hydrogen-bond donors (Lipinski definition) is 1. The second-order valence-electron chi connectivity index (χ2n) is 8.45. The summed E-state index contributed by atoms with van der Waals surface area (Å²) in [6.45, 7) is 3.08. The van der Waals surface area contributed by atoms with Crippen LogP contribution in [-0.4, -0.2) is 45.9 Å². The van der Waals surface area contributed by atoms with Gasteiger partial charge in [-0.15, -0.1) is 0 Å². The van der Waals surface area contributed by atoms with Crippen LogP contribution in [-0.2, 0) is 22.6 Å². The van der Waals surface area contributed by atoms with Gasteiger partial charge in [0.15, 0.2) is 5.11 Å². The van der Waals surface area contributed by atoms with Crippen molar-refractivity contribution >= 4 is 34.8 Å². The minimum atomic E-state index is -0.768. The molecule has 0 bridgehead atoms. The normalized spacial score (nSPS) is 15.3. The van der Waals surface area contributed by atoms with E-state index in [0.717, 1.165) is 5.56 Å². The van der Waals surface area contributed by atoms with E-state index in [2.05, 4.69) is 5.32 Å². The number of amides is 2. The van der Waals surface area contributed by atoms with Gasteiger partial charge >= 0.3 is 0 Å². The molecule has 2 amide bonds. The molecule has 1 aliphatic rings. The number of carbonyl (C=O) groups is 2. The van der Waals surface area contributed by atoms with E-state index in [0.29, 0.717) is 48.2 Å². The first kappa shape index (κ1) is 25.3. The first-order valence-electron chi connectivity index (χ1n) is 11.9. The van der Waals surface area contributed by atoms with Gasteiger partial charge in [0.05, 0.1) is 19.6 Å². The maximum absolute atomic E-state index is 14.2. The van der Waals surface area contributed by atoms with E-state index in [1.807, 2.05) is 37.3 Å². The van der Waals surface area contributed by atoms with Gasteiger partial charge < -0.3 is 15.0 Å². The molecule has 0 saturated carbocycles. The lowest BCUT2D eigenvalue weighted by Crippen LogP contribution is -2.39. The van der Waals surface area contributed by atoms with Gasteiger partial charge in [-0.2, -0.15) is 0 Å². The largest absolute Gasteiger partial charge is 0.494 e. The van der Waals surface area contributed by atoms with Crippen LogP contribution in [0.4, 0.5) is 10.1 Å². The highest BCUT2D eigenvalue weighted by Crippen LogP contribution is 2.25. The Labute approximate surface area is 215 Å². The van der Waals surface area contributed by atoms with E-state index in [1.54, 1.807) is 47.4 Å². The van der Waals surface area contributed by atoms with Gasteiger partial charge in [-0.1, -0.05) is 48.5 Å². The van der Waals surface area contributed by atoms with Crippen molar-refractivity contribution in [1.29, 1.82) is 0 Å². The van der Waals surface area contributed by atoms with Crippen LogP contribution >= 0.6 is 12.2 Å². The Hall–Kier alpha value is -3.78. The fraction of sp³-hybridized carbons (Fsp3) is 0.250. The zero-order chi connectivity index (χ0) is 25.5. The Morgan fingerprint density at radius 2 is 1.72 bits per heavy atom. The summed E-state index contributed by atoms with van der Waals surface area (Å²) >= 11 is 5.68. The topological polar surface area (TPSA) is 61.9 Å². The monoisotopic (exact) mass is 505 g/mol. The van der Waals surface area contributed by atoms with E-state index in [4.69, 9.17) is 17.0 Å². The third-order valence-corrected chi connectivity index (χ3v) is 6.45. The number of benzene rings is 3. The van der Waals surface area contributed by atoms with Crippen molar-refractivity contribution in [2.75, 3.05) is 18.5 Å². The van der Waals surface area contributed by atoms with Crippen LogP contribution in [0.15, 0.2) is 78.9 Å². The fourth-order valence-electron chi connectivity index (χ4n) is 4.19. The van der Waals surface area contributed by atoms with E-state index >= 15 is 0 Å². The van der Waals surface area contributed by atoms with Gasteiger partial charge in [0, 0.05) is 12.2 Å². The van der Waals surface area contributed by atoms with Crippen molar-refractivity contribution in [3.05, 3.63) is 95.8 Å². The highest BCUT2D eigenvalue weighted by molar-refractivity contribution is 7.80. The van der Waals surface area contributed by atoms with Gasteiger partial charge in [0.2, 0.25) is 5.91 Å². The SMILES string of the molecule is CCOc1ccc(NC(=O)C[C@@H]2C(=O)N(Cc3ccccc3)C(=S)N2CCc2ccccc2F)cc1. The molecule has 1 aliphatic heterocycles. The van der Waals surface area contributed by atoms with Gasteiger partial charge in [0.1, 0.15) is 17.6 Å². The fourth-order valence-corrected chi connectivity index (χ4v) is 4.56. The molecule has 0 radical (unpaired) electrons. The van der Waals surface area contributed by atoms with Crippen LogP contribution < -0.4 is 10.1 Å². The number of anilines is 1. The lowest BCUT2D eigenvalue weighted by Gasteiger charge is -2.24. The lowest BCUT2D eigenvalue weighted by molar-refractivity contribution is -0.131. The minimum absolute atomic E-state index is 0.0747. The van der Waals surface area contributed by atoms with Crippen LogP contribution in [0, 0.1) is 5.82 Å². The third-order valence-electron chi connectivity index (χ3n) is 6.00. The molecule has 36 heavy (non-hydrogen) atoms. The zero-order valence-corrected chi connectivity index (χ0v) is 20.8. The molecule has 0 aliphatic carbocycles. The van der Waals surface area contributed by atoms with E-state index in [-0.39, 0.29) is 24.1 Å². The predicted molar refractivity (Wildman–Crippen MR) is 141 cm³/mol. The van der Waals surface area contributed by atoms with Crippen molar-refractivity contribution in [1.82, 2.24) is 9.80 Å². The Morgan fingerprint density at radius 3 is 2.42 bits per heavy atom. The molecule has 1 atom stereocenters. The van der Waals surface area contributed by atoms with Crippen LogP contribution in [0.25, 0.3) is 0 Å². The first-order chi connectivity index (χ1) is 17.5. The van der Waals surface area contributed by atoms with Crippen molar-refractivity contribution in [3.63, 3.8) is 0 Å². The van der Waals surface area contributed by atoms with Crippen LogP contribution in [0.1, 0.15) is 24.5 Å². The molecule has 3 aromatic carbocycles. The number of rotatable bonds is 10. The molecule has 1 N–H and O–H groups in total. The van der Waals surface area contributed by atoms with Crippen LogP contribution in [0.2, 0.25) is 0 Å². The lowest BCUT2D eigenvalue weighted by atomic mass is 10.1. The average Bonchev–Trinajstić information content (AvgIpc) is 3.09. The molecule has 0 spiro atoms. The Balaban J connectivity index is 1.49. The Bertz CT molecular complexity index is 1220. The van der Waals surface area contributed by atoms with Crippen LogP contribution in [0.3, 0.4) is 0 Å². The molecule has 4 rings (SSSR count). The molecule has 1 fully saturated rings. The summed E-state index contributed by atoms with van der Waals surface area (Å²) in [6.07, 6.45) is 0.283. The number of ether oxygens (including phenoxy) is 1. The highest BCUT2D eigenvalue weighted by Gasteiger charge is 2.43. The standard InChI is InChI=1S/C28H28FN3O3S/c1-2-35-23-14-12-22(13-15-23)30-26(33)18-25-27(34)32(19-20-8-4-3-5-9-20)28(36)31(25)17-16-21-10-6-7-11-24(21)29/h3-15,25H,2,16-19H2,1H3,(H,30,33)/t25-/m1/s1. The summed E-state index contributed by atoms with van der Waals surface area (Å²) in [7, 11) is 0. The van der Waals surface area contributed by atoms with Crippen molar-refractivity contribution in [3.8, 4) is 5.75 Å². The number of hydrogen-bond acceptors (Lipinski definition) is 4. The smallest absolute Gasteiger partial charge is 0.252 e. The molecule has 8 heteroatoms. The number of carbonyl (C=O) groups excluding carboxylic acids is 2. The molecular formula is C28H28FN3O3S. The second-order valence-corrected chi connectivity index (χ2v) is 8.82. The number of nitrogens with zero attached hydrogens (tertiary/aromatic N) is 2. The van der Waals surface area contributed by atoms with Crippen molar-refractivity contribution < 1.29 is 18.7 Å². The predicted octanol–water partition coefficient (Wildman–Crippen LogP) is 4.79. The third kappa shape index (κ3) is 6.07. The molecule has 1 saturated heterocycles.